The Morgan fingerprint density at radius 2 is 1.97 bits per heavy atom. The molecule has 0 saturated carbocycles. The molecule has 0 saturated heterocycles. The SMILES string of the molecule is C[Si](C)(C)CCOCn1cc(Br)c2c(NCc3cccc(OCC(O)C(O)CO)n3)ncnc21. The smallest absolute Gasteiger partial charge is 0.213 e. The highest BCUT2D eigenvalue weighted by Crippen LogP contribution is 2.30. The van der Waals surface area contributed by atoms with E-state index in [-0.39, 0.29) is 6.61 Å². The van der Waals surface area contributed by atoms with Crippen LogP contribution in [0.2, 0.25) is 25.7 Å². The Kier molecular flexibility index (Phi) is 9.39. The molecule has 0 spiro atoms. The summed E-state index contributed by atoms with van der Waals surface area (Å²) in [7, 11) is -1.15. The zero-order chi connectivity index (χ0) is 24.7. The van der Waals surface area contributed by atoms with Crippen molar-refractivity contribution < 1.29 is 24.8 Å². The molecule has 0 aliphatic heterocycles. The third kappa shape index (κ3) is 7.45. The molecule has 2 atom stereocenters. The topological polar surface area (TPSA) is 135 Å². The van der Waals surface area contributed by atoms with Gasteiger partial charge in [-0.15, -0.1) is 0 Å². The lowest BCUT2D eigenvalue weighted by Gasteiger charge is -2.16. The summed E-state index contributed by atoms with van der Waals surface area (Å²) < 4.78 is 14.1. The van der Waals surface area contributed by atoms with Gasteiger partial charge in [0.05, 0.1) is 24.2 Å². The summed E-state index contributed by atoms with van der Waals surface area (Å²) in [5.74, 6) is 0.964. The summed E-state index contributed by atoms with van der Waals surface area (Å²) in [6, 6.07) is 6.38. The van der Waals surface area contributed by atoms with E-state index in [4.69, 9.17) is 14.6 Å². The van der Waals surface area contributed by atoms with Crippen LogP contribution in [0.3, 0.4) is 0 Å². The lowest BCUT2D eigenvalue weighted by Crippen LogP contribution is -2.34. The number of hydrogen-bond donors (Lipinski definition) is 4. The van der Waals surface area contributed by atoms with Gasteiger partial charge in [0.25, 0.3) is 0 Å². The van der Waals surface area contributed by atoms with Gasteiger partial charge in [-0.1, -0.05) is 25.7 Å². The first-order valence-electron chi connectivity index (χ1n) is 11.0. The number of aliphatic hydroxyl groups excluding tert-OH is 3. The highest BCUT2D eigenvalue weighted by molar-refractivity contribution is 9.10. The van der Waals surface area contributed by atoms with Crippen molar-refractivity contribution in [2.45, 2.75) is 51.2 Å². The first-order valence-corrected chi connectivity index (χ1v) is 15.5. The van der Waals surface area contributed by atoms with Gasteiger partial charge in [0.2, 0.25) is 5.88 Å². The fourth-order valence-electron chi connectivity index (χ4n) is 3.06. The Labute approximate surface area is 208 Å². The molecule has 0 aliphatic rings. The van der Waals surface area contributed by atoms with Crippen molar-refractivity contribution >= 4 is 40.9 Å². The maximum atomic E-state index is 9.73. The minimum atomic E-state index is -1.26. The molecule has 0 bridgehead atoms. The van der Waals surface area contributed by atoms with Crippen molar-refractivity contribution in [2.75, 3.05) is 25.1 Å². The molecule has 3 rings (SSSR count). The number of fused-ring (bicyclic) bond motifs is 1. The van der Waals surface area contributed by atoms with Crippen LogP contribution in [0.5, 0.6) is 5.88 Å². The summed E-state index contributed by atoms with van der Waals surface area (Å²) in [6.07, 6.45) is 0.985. The minimum Gasteiger partial charge on any atom is -0.475 e. The first-order chi connectivity index (χ1) is 16.2. The van der Waals surface area contributed by atoms with E-state index in [0.717, 1.165) is 28.2 Å². The highest BCUT2D eigenvalue weighted by atomic mass is 79.9. The van der Waals surface area contributed by atoms with Crippen LogP contribution in [0.15, 0.2) is 35.2 Å². The molecule has 12 heteroatoms. The van der Waals surface area contributed by atoms with Gasteiger partial charge in [-0.25, -0.2) is 15.0 Å². The molecule has 34 heavy (non-hydrogen) atoms. The number of nitrogens with zero attached hydrogens (tertiary/aromatic N) is 4. The number of aliphatic hydroxyl groups is 3. The molecule has 0 aliphatic carbocycles. The third-order valence-corrected chi connectivity index (χ3v) is 7.39. The minimum absolute atomic E-state index is 0.182. The van der Waals surface area contributed by atoms with Crippen molar-refractivity contribution in [3.63, 3.8) is 0 Å². The summed E-state index contributed by atoms with van der Waals surface area (Å²) in [6.45, 7) is 7.77. The molecule has 0 amide bonds. The Morgan fingerprint density at radius 1 is 1.18 bits per heavy atom. The third-order valence-electron chi connectivity index (χ3n) is 5.09. The van der Waals surface area contributed by atoms with Gasteiger partial charge in [-0.3, -0.25) is 0 Å². The zero-order valence-corrected chi connectivity index (χ0v) is 22.2. The summed E-state index contributed by atoms with van der Waals surface area (Å²) in [5.41, 5.74) is 1.46. The zero-order valence-electron chi connectivity index (χ0n) is 19.6. The Bertz CT molecular complexity index is 1080. The molecule has 2 unspecified atom stereocenters. The van der Waals surface area contributed by atoms with E-state index in [1.54, 1.807) is 12.1 Å². The van der Waals surface area contributed by atoms with Gasteiger partial charge in [-0.05, 0) is 28.0 Å². The van der Waals surface area contributed by atoms with Crippen molar-refractivity contribution in [1.82, 2.24) is 19.5 Å². The second-order valence-electron chi connectivity index (χ2n) is 9.16. The average Bonchev–Trinajstić information content (AvgIpc) is 3.14. The second-order valence-corrected chi connectivity index (χ2v) is 15.6. The highest BCUT2D eigenvalue weighted by Gasteiger charge is 2.17. The largest absolute Gasteiger partial charge is 0.475 e. The van der Waals surface area contributed by atoms with Gasteiger partial charge < -0.3 is 34.7 Å². The van der Waals surface area contributed by atoms with Gasteiger partial charge >= 0.3 is 0 Å². The Hall–Kier alpha value is -2.09. The van der Waals surface area contributed by atoms with Gasteiger partial charge in [0.1, 0.15) is 43.3 Å². The van der Waals surface area contributed by atoms with E-state index >= 15 is 0 Å². The molecule has 3 aromatic heterocycles. The lowest BCUT2D eigenvalue weighted by molar-refractivity contribution is -0.0345. The molecule has 0 radical (unpaired) electrons. The maximum Gasteiger partial charge on any atom is 0.213 e. The molecule has 0 fully saturated rings. The molecule has 186 valence electrons. The van der Waals surface area contributed by atoms with E-state index in [1.165, 1.54) is 6.33 Å². The van der Waals surface area contributed by atoms with E-state index in [1.807, 2.05) is 16.8 Å². The lowest BCUT2D eigenvalue weighted by atomic mass is 10.2. The number of aromatic nitrogens is 4. The van der Waals surface area contributed by atoms with Crippen LogP contribution in [0.25, 0.3) is 11.0 Å². The maximum absolute atomic E-state index is 9.73. The first kappa shape index (κ1) is 26.5. The number of rotatable bonds is 13. The number of ether oxygens (including phenoxy) is 2. The Balaban J connectivity index is 1.64. The fourth-order valence-corrected chi connectivity index (χ4v) is 4.43. The van der Waals surface area contributed by atoms with Crippen LogP contribution in [-0.4, -0.2) is 74.9 Å². The van der Waals surface area contributed by atoms with Crippen molar-refractivity contribution in [2.24, 2.45) is 0 Å². The Morgan fingerprint density at radius 3 is 2.71 bits per heavy atom. The molecule has 3 heterocycles. The number of hydrogen-bond acceptors (Lipinski definition) is 9. The van der Waals surface area contributed by atoms with Crippen LogP contribution in [0.4, 0.5) is 5.82 Å². The molecule has 0 aromatic carbocycles. The second kappa shape index (κ2) is 12.0. The van der Waals surface area contributed by atoms with Gasteiger partial charge in [0.15, 0.2) is 0 Å². The van der Waals surface area contributed by atoms with Crippen molar-refractivity contribution in [3.8, 4) is 5.88 Å². The summed E-state index contributed by atoms with van der Waals surface area (Å²) in [4.78, 5) is 13.2. The van der Waals surface area contributed by atoms with E-state index in [9.17, 15) is 10.2 Å². The van der Waals surface area contributed by atoms with E-state index < -0.39 is 26.9 Å². The summed E-state index contributed by atoms with van der Waals surface area (Å²) >= 11 is 3.61. The standard InChI is InChI=1S/C22H32BrN5O5Si/c1-34(2,3)8-7-32-14-28-10-16(23)20-21(25-13-26-22(20)28)24-9-15-5-4-6-19(27-15)33-12-18(31)17(30)11-29/h4-6,10,13,17-18,29-31H,7-9,11-12,14H2,1-3H3,(H,24,25,26). The molecule has 3 aromatic rings. The van der Waals surface area contributed by atoms with Gasteiger partial charge in [-0.2, -0.15) is 0 Å². The van der Waals surface area contributed by atoms with Crippen LogP contribution in [0, 0.1) is 0 Å². The molecule has 10 nitrogen and oxygen atoms in total. The molecular weight excluding hydrogens is 522 g/mol. The molecule has 4 N–H and O–H groups in total. The number of pyridine rings is 1. The van der Waals surface area contributed by atoms with E-state index in [0.29, 0.717) is 30.7 Å². The fraction of sp³-hybridized carbons (Fsp3) is 0.500. The quantitative estimate of drug-likeness (QED) is 0.186. The monoisotopic (exact) mass is 553 g/mol. The number of nitrogens with one attached hydrogen (secondary N) is 1. The van der Waals surface area contributed by atoms with Gasteiger partial charge in [0, 0.05) is 31.4 Å². The predicted molar refractivity (Wildman–Crippen MR) is 135 cm³/mol. The van der Waals surface area contributed by atoms with Crippen molar-refractivity contribution in [1.29, 1.82) is 0 Å². The molecular formula is C22H32BrN5O5Si. The number of halogens is 1. The van der Waals surface area contributed by atoms with E-state index in [2.05, 4.69) is 55.8 Å². The normalized spacial score (nSPS) is 13.7. The average molecular weight is 555 g/mol. The van der Waals surface area contributed by atoms with Crippen LogP contribution >= 0.6 is 15.9 Å². The van der Waals surface area contributed by atoms with Crippen molar-refractivity contribution in [3.05, 3.63) is 40.9 Å². The van der Waals surface area contributed by atoms with Crippen LogP contribution in [0.1, 0.15) is 5.69 Å². The van der Waals surface area contributed by atoms with Crippen LogP contribution < -0.4 is 10.1 Å². The summed E-state index contributed by atoms with van der Waals surface area (Å²) in [5, 5.41) is 32.2. The number of anilines is 1. The predicted octanol–water partition coefficient (Wildman–Crippen LogP) is 2.61. The van der Waals surface area contributed by atoms with Crippen LogP contribution in [-0.2, 0) is 18.0 Å².